The lowest BCUT2D eigenvalue weighted by Crippen LogP contribution is -2.56. The van der Waals surface area contributed by atoms with E-state index >= 15 is 0 Å². The number of fused-ring (bicyclic) bond motifs is 3. The van der Waals surface area contributed by atoms with Crippen molar-refractivity contribution in [2.45, 2.75) is 37.4 Å². The fourth-order valence-corrected chi connectivity index (χ4v) is 4.90. The summed E-state index contributed by atoms with van der Waals surface area (Å²) in [6, 6.07) is 15.3. The number of likely N-dealkylation sites (tertiary alicyclic amines) is 1. The number of carboxylic acids is 1. The highest BCUT2D eigenvalue weighted by Gasteiger charge is 2.53. The van der Waals surface area contributed by atoms with Gasteiger partial charge in [0.2, 0.25) is 5.91 Å². The van der Waals surface area contributed by atoms with Gasteiger partial charge >= 0.3 is 18.2 Å². The first-order valence-electron chi connectivity index (χ1n) is 11.2. The van der Waals surface area contributed by atoms with Crippen LogP contribution in [0.15, 0.2) is 48.5 Å². The van der Waals surface area contributed by atoms with Gasteiger partial charge in [-0.1, -0.05) is 48.5 Å². The molecule has 2 N–H and O–H groups in total. The number of benzene rings is 2. The first-order chi connectivity index (χ1) is 16.5. The van der Waals surface area contributed by atoms with E-state index in [9.17, 15) is 32.7 Å². The Labute approximate surface area is 199 Å². The maximum atomic E-state index is 13.7. The summed E-state index contributed by atoms with van der Waals surface area (Å²) in [5.41, 5.74) is 2.20. The van der Waals surface area contributed by atoms with Crippen molar-refractivity contribution in [3.05, 3.63) is 59.7 Å². The second-order valence-corrected chi connectivity index (χ2v) is 8.97. The van der Waals surface area contributed by atoms with Gasteiger partial charge in [-0.2, -0.15) is 13.2 Å². The molecule has 1 aliphatic carbocycles. The third-order valence-corrected chi connectivity index (χ3v) is 6.86. The second-order valence-electron chi connectivity index (χ2n) is 8.97. The summed E-state index contributed by atoms with van der Waals surface area (Å²) in [7, 11) is 0. The Morgan fingerprint density at radius 3 is 2.23 bits per heavy atom. The van der Waals surface area contributed by atoms with Gasteiger partial charge < -0.3 is 20.1 Å². The minimum Gasteiger partial charge on any atom is -0.480 e. The van der Waals surface area contributed by atoms with Gasteiger partial charge in [0, 0.05) is 19.0 Å². The van der Waals surface area contributed by atoms with Gasteiger partial charge in [0.15, 0.2) is 5.92 Å². The van der Waals surface area contributed by atoms with Gasteiger partial charge in [-0.25, -0.2) is 9.59 Å². The predicted octanol–water partition coefficient (Wildman–Crippen LogP) is 4.17. The smallest absolute Gasteiger partial charge is 0.407 e. The summed E-state index contributed by atoms with van der Waals surface area (Å²) in [5.74, 6) is -5.60. The van der Waals surface area contributed by atoms with Crippen molar-refractivity contribution in [1.29, 1.82) is 0 Å². The Balaban J connectivity index is 1.42. The molecular formula is C25H25F3N2O5. The molecule has 0 saturated carbocycles. The molecule has 35 heavy (non-hydrogen) atoms. The molecule has 2 aromatic rings. The van der Waals surface area contributed by atoms with Gasteiger partial charge in [0.25, 0.3) is 0 Å². The fourth-order valence-electron chi connectivity index (χ4n) is 4.90. The molecule has 2 atom stereocenters. The Bertz CT molecular complexity index is 1110. The topological polar surface area (TPSA) is 95.9 Å². The van der Waals surface area contributed by atoms with Crippen LogP contribution < -0.4 is 5.32 Å². The number of carboxylic acid groups (broad SMARTS) is 1. The van der Waals surface area contributed by atoms with E-state index in [0.717, 1.165) is 27.2 Å². The molecule has 1 unspecified atom stereocenters. The lowest BCUT2D eigenvalue weighted by Gasteiger charge is -2.34. The number of alkyl halides is 3. The van der Waals surface area contributed by atoms with Crippen LogP contribution in [0.25, 0.3) is 11.1 Å². The van der Waals surface area contributed by atoms with E-state index in [1.54, 1.807) is 0 Å². The van der Waals surface area contributed by atoms with Crippen molar-refractivity contribution in [2.24, 2.45) is 5.92 Å². The van der Waals surface area contributed by atoms with Crippen molar-refractivity contribution < 1.29 is 37.4 Å². The van der Waals surface area contributed by atoms with E-state index < -0.39 is 42.1 Å². The number of carbonyl (C=O) groups excluding carboxylic acids is 2. The molecule has 0 spiro atoms. The van der Waals surface area contributed by atoms with Crippen LogP contribution in [0.1, 0.15) is 36.8 Å². The maximum Gasteiger partial charge on any atom is 0.407 e. The third kappa shape index (κ3) is 4.56. The summed E-state index contributed by atoms with van der Waals surface area (Å²) in [4.78, 5) is 37.4. The zero-order chi connectivity index (χ0) is 25.4. The molecule has 2 amide bonds. The number of hydrogen-bond donors (Lipinski definition) is 2. The summed E-state index contributed by atoms with van der Waals surface area (Å²) in [6.45, 7) is -0.00922. The number of nitrogens with zero attached hydrogens (tertiary/aromatic N) is 1. The van der Waals surface area contributed by atoms with Crippen LogP contribution in [-0.2, 0) is 14.3 Å². The summed E-state index contributed by atoms with van der Waals surface area (Å²) >= 11 is 0. The number of rotatable bonds is 6. The van der Waals surface area contributed by atoms with Crippen LogP contribution in [0, 0.1) is 5.92 Å². The first-order valence-corrected chi connectivity index (χ1v) is 11.2. The highest BCUT2D eigenvalue weighted by Crippen LogP contribution is 2.44. The number of hydrogen-bond acceptors (Lipinski definition) is 4. The Morgan fingerprint density at radius 2 is 1.69 bits per heavy atom. The molecule has 2 aliphatic rings. The standard InChI is InChI=1S/C25H25F3N2O5/c1-24(22(32)33)11-6-12-30(24)21(31)20(25(26,27)28)13-29-23(34)35-14-19-17-9-4-2-7-15(17)16-8-3-5-10-18(16)19/h2-5,7-10,19-20H,6,11-14H2,1H3,(H,29,34)(H,32,33)/t20?,24-/m1/s1. The van der Waals surface area contributed by atoms with Crippen LogP contribution in [0.5, 0.6) is 0 Å². The van der Waals surface area contributed by atoms with Gasteiger partial charge in [0.1, 0.15) is 12.1 Å². The monoisotopic (exact) mass is 490 g/mol. The van der Waals surface area contributed by atoms with E-state index in [1.807, 2.05) is 53.8 Å². The van der Waals surface area contributed by atoms with Crippen LogP contribution in [-0.4, -0.2) is 59.4 Å². The molecule has 186 valence electrons. The second kappa shape index (κ2) is 9.24. The van der Waals surface area contributed by atoms with E-state index in [-0.39, 0.29) is 31.9 Å². The normalized spacial score (nSPS) is 20.2. The van der Waals surface area contributed by atoms with Crippen LogP contribution >= 0.6 is 0 Å². The van der Waals surface area contributed by atoms with Crippen molar-refractivity contribution in [3.8, 4) is 11.1 Å². The number of nitrogens with one attached hydrogen (secondary N) is 1. The van der Waals surface area contributed by atoms with Gasteiger partial charge in [-0.05, 0) is 42.0 Å². The molecule has 4 rings (SSSR count). The molecule has 1 saturated heterocycles. The summed E-state index contributed by atoms with van der Waals surface area (Å²) in [6.07, 6.45) is -5.73. The molecule has 0 bridgehead atoms. The van der Waals surface area contributed by atoms with Crippen LogP contribution in [0.2, 0.25) is 0 Å². The van der Waals surface area contributed by atoms with Crippen molar-refractivity contribution in [3.63, 3.8) is 0 Å². The summed E-state index contributed by atoms with van der Waals surface area (Å²) < 4.78 is 46.4. The molecule has 0 radical (unpaired) electrons. The average molecular weight is 490 g/mol. The lowest BCUT2D eigenvalue weighted by molar-refractivity contribution is -0.192. The SMILES string of the molecule is C[C@]1(C(=O)O)CCCN1C(=O)C(CNC(=O)OCC1c2ccccc2-c2ccccc21)C(F)(F)F. The Kier molecular flexibility index (Phi) is 6.48. The maximum absolute atomic E-state index is 13.7. The number of amides is 2. The largest absolute Gasteiger partial charge is 0.480 e. The molecular weight excluding hydrogens is 465 g/mol. The minimum absolute atomic E-state index is 0.0540. The molecule has 1 aliphatic heterocycles. The first kappa shape index (κ1) is 24.6. The van der Waals surface area contributed by atoms with Gasteiger partial charge in [-0.3, -0.25) is 4.79 Å². The van der Waals surface area contributed by atoms with Crippen molar-refractivity contribution in [2.75, 3.05) is 19.7 Å². The molecule has 1 fully saturated rings. The Morgan fingerprint density at radius 1 is 1.11 bits per heavy atom. The molecule has 0 aromatic heterocycles. The van der Waals surface area contributed by atoms with E-state index in [0.29, 0.717) is 0 Å². The van der Waals surface area contributed by atoms with Crippen molar-refractivity contribution in [1.82, 2.24) is 10.2 Å². The molecule has 2 aromatic carbocycles. The van der Waals surface area contributed by atoms with E-state index in [4.69, 9.17) is 4.74 Å². The predicted molar refractivity (Wildman–Crippen MR) is 120 cm³/mol. The van der Waals surface area contributed by atoms with E-state index in [1.165, 1.54) is 6.92 Å². The quantitative estimate of drug-likeness (QED) is 0.634. The number of alkyl carbamates (subject to hydrolysis) is 1. The highest BCUT2D eigenvalue weighted by molar-refractivity contribution is 5.89. The number of ether oxygens (including phenoxy) is 1. The lowest BCUT2D eigenvalue weighted by atomic mass is 9.97. The van der Waals surface area contributed by atoms with Crippen molar-refractivity contribution >= 4 is 18.0 Å². The zero-order valence-corrected chi connectivity index (χ0v) is 19.0. The molecule has 1 heterocycles. The van der Waals surface area contributed by atoms with E-state index in [2.05, 4.69) is 0 Å². The Hall–Kier alpha value is -3.56. The number of carbonyl (C=O) groups is 3. The van der Waals surface area contributed by atoms with Gasteiger partial charge in [0.05, 0.1) is 0 Å². The average Bonchev–Trinajstić information content (AvgIpc) is 3.36. The van der Waals surface area contributed by atoms with Crippen LogP contribution in [0.4, 0.5) is 18.0 Å². The number of aliphatic carboxylic acids is 1. The summed E-state index contributed by atoms with van der Waals surface area (Å²) in [5, 5.41) is 11.5. The zero-order valence-electron chi connectivity index (χ0n) is 19.0. The minimum atomic E-state index is -4.98. The third-order valence-electron chi connectivity index (χ3n) is 6.86. The number of halogens is 3. The fraction of sp³-hybridized carbons (Fsp3) is 0.400. The van der Waals surface area contributed by atoms with Crippen LogP contribution in [0.3, 0.4) is 0 Å². The highest BCUT2D eigenvalue weighted by atomic mass is 19.4. The molecule has 10 heteroatoms. The molecule has 7 nitrogen and oxygen atoms in total. The van der Waals surface area contributed by atoms with Gasteiger partial charge in [-0.15, -0.1) is 0 Å².